The van der Waals surface area contributed by atoms with E-state index in [2.05, 4.69) is 52.0 Å². The number of allylic oxidation sites excluding steroid dienone is 2. The van der Waals surface area contributed by atoms with Gasteiger partial charge in [-0.3, -0.25) is 0 Å². The highest BCUT2D eigenvalue weighted by molar-refractivity contribution is 5.20. The minimum absolute atomic E-state index is 0.108. The van der Waals surface area contributed by atoms with Crippen LogP contribution in [0.1, 0.15) is 27.7 Å². The largest absolute Gasteiger partial charge is 0.368 e. The predicted octanol–water partition coefficient (Wildman–Crippen LogP) is 2.93. The van der Waals surface area contributed by atoms with Crippen molar-refractivity contribution in [2.75, 3.05) is 0 Å². The predicted molar refractivity (Wildman–Crippen MR) is 52.1 cm³/mol. The first-order chi connectivity index (χ1) is 5.54. The second-order valence-electron chi connectivity index (χ2n) is 3.88. The highest BCUT2D eigenvalue weighted by Crippen LogP contribution is 2.28. The third kappa shape index (κ3) is 1.98. The molecule has 0 aromatic heterocycles. The van der Waals surface area contributed by atoms with E-state index >= 15 is 0 Å². The minimum Gasteiger partial charge on any atom is -0.368 e. The molecule has 0 saturated carbocycles. The summed E-state index contributed by atoms with van der Waals surface area (Å²) in [5.74, 6) is 0.463. The number of hydrogen-bond acceptors (Lipinski definition) is 1. The molecule has 1 aliphatic carbocycles. The van der Waals surface area contributed by atoms with Crippen LogP contribution >= 0.6 is 0 Å². The van der Waals surface area contributed by atoms with Crippen LogP contribution in [-0.4, -0.2) is 11.7 Å². The van der Waals surface area contributed by atoms with Crippen LogP contribution in [0.15, 0.2) is 24.3 Å². The molecule has 1 nitrogen and oxygen atoms in total. The maximum absolute atomic E-state index is 5.85. The van der Waals surface area contributed by atoms with Gasteiger partial charge in [0.1, 0.15) is 0 Å². The molecule has 0 saturated heterocycles. The van der Waals surface area contributed by atoms with E-state index in [0.29, 0.717) is 5.92 Å². The van der Waals surface area contributed by atoms with Crippen LogP contribution in [0.5, 0.6) is 0 Å². The maximum Gasteiger partial charge on any atom is 0.0900 e. The Bertz CT molecular complexity index is 203. The van der Waals surface area contributed by atoms with Crippen molar-refractivity contribution in [1.82, 2.24) is 0 Å². The van der Waals surface area contributed by atoms with Gasteiger partial charge in [0, 0.05) is 5.92 Å². The SMILES string of the molecule is CC(C)OC1(C)C=CC=CC1C. The van der Waals surface area contributed by atoms with E-state index in [0.717, 1.165) is 0 Å². The number of rotatable bonds is 2. The van der Waals surface area contributed by atoms with Crippen molar-refractivity contribution in [3.63, 3.8) is 0 Å². The van der Waals surface area contributed by atoms with E-state index in [9.17, 15) is 0 Å². The summed E-state index contributed by atoms with van der Waals surface area (Å²) in [4.78, 5) is 0. The fourth-order valence-electron chi connectivity index (χ4n) is 1.47. The van der Waals surface area contributed by atoms with E-state index in [4.69, 9.17) is 4.74 Å². The molecule has 0 spiro atoms. The van der Waals surface area contributed by atoms with Gasteiger partial charge in [-0.05, 0) is 20.8 Å². The molecule has 0 amide bonds. The van der Waals surface area contributed by atoms with E-state index in [1.165, 1.54) is 0 Å². The maximum atomic E-state index is 5.85. The second kappa shape index (κ2) is 3.44. The average Bonchev–Trinajstić information content (AvgIpc) is 1.94. The van der Waals surface area contributed by atoms with Crippen molar-refractivity contribution >= 4 is 0 Å². The quantitative estimate of drug-likeness (QED) is 0.613. The fraction of sp³-hybridized carbons (Fsp3) is 0.636. The Labute approximate surface area is 75.1 Å². The van der Waals surface area contributed by atoms with Crippen LogP contribution in [0.4, 0.5) is 0 Å². The van der Waals surface area contributed by atoms with Crippen LogP contribution < -0.4 is 0 Å². The summed E-state index contributed by atoms with van der Waals surface area (Å²) in [5.41, 5.74) is -0.108. The highest BCUT2D eigenvalue weighted by atomic mass is 16.5. The summed E-state index contributed by atoms with van der Waals surface area (Å²) in [6, 6.07) is 0. The molecular weight excluding hydrogens is 148 g/mol. The molecule has 1 rings (SSSR count). The van der Waals surface area contributed by atoms with Crippen molar-refractivity contribution in [1.29, 1.82) is 0 Å². The molecule has 0 radical (unpaired) electrons. The van der Waals surface area contributed by atoms with Crippen LogP contribution in [0.3, 0.4) is 0 Å². The van der Waals surface area contributed by atoms with Crippen molar-refractivity contribution < 1.29 is 4.74 Å². The monoisotopic (exact) mass is 166 g/mol. The van der Waals surface area contributed by atoms with Gasteiger partial charge in [-0.25, -0.2) is 0 Å². The summed E-state index contributed by atoms with van der Waals surface area (Å²) in [5, 5.41) is 0. The molecule has 0 aliphatic heterocycles. The Morgan fingerprint density at radius 2 is 2.00 bits per heavy atom. The van der Waals surface area contributed by atoms with Gasteiger partial charge in [0.05, 0.1) is 11.7 Å². The molecule has 2 atom stereocenters. The lowest BCUT2D eigenvalue weighted by atomic mass is 9.86. The molecule has 0 fully saturated rings. The third-order valence-corrected chi connectivity index (χ3v) is 2.33. The zero-order valence-corrected chi connectivity index (χ0v) is 8.37. The molecule has 1 aliphatic rings. The molecule has 2 unspecified atom stereocenters. The topological polar surface area (TPSA) is 9.23 Å². The average molecular weight is 166 g/mol. The molecule has 0 heterocycles. The zero-order chi connectivity index (χ0) is 9.19. The lowest BCUT2D eigenvalue weighted by Gasteiger charge is -2.34. The minimum atomic E-state index is -0.108. The van der Waals surface area contributed by atoms with Gasteiger partial charge in [-0.2, -0.15) is 0 Å². The Balaban J connectivity index is 2.69. The normalized spacial score (nSPS) is 34.6. The standard InChI is InChI=1S/C11H18O/c1-9(2)12-11(4)8-6-5-7-10(11)3/h5-10H,1-4H3. The molecule has 12 heavy (non-hydrogen) atoms. The van der Waals surface area contributed by atoms with Crippen LogP contribution in [0.25, 0.3) is 0 Å². The van der Waals surface area contributed by atoms with Crippen molar-refractivity contribution in [2.24, 2.45) is 5.92 Å². The van der Waals surface area contributed by atoms with Crippen LogP contribution in [0, 0.1) is 5.92 Å². The second-order valence-corrected chi connectivity index (χ2v) is 3.88. The first-order valence-electron chi connectivity index (χ1n) is 4.58. The van der Waals surface area contributed by atoms with Crippen molar-refractivity contribution in [2.45, 2.75) is 39.4 Å². The first-order valence-corrected chi connectivity index (χ1v) is 4.58. The van der Waals surface area contributed by atoms with Crippen LogP contribution in [0.2, 0.25) is 0 Å². The van der Waals surface area contributed by atoms with Gasteiger partial charge in [0.25, 0.3) is 0 Å². The van der Waals surface area contributed by atoms with Gasteiger partial charge in [0.2, 0.25) is 0 Å². The number of ether oxygens (including phenoxy) is 1. The van der Waals surface area contributed by atoms with E-state index in [-0.39, 0.29) is 11.7 Å². The molecule has 1 heteroatoms. The molecule has 0 bridgehead atoms. The summed E-state index contributed by atoms with van der Waals surface area (Å²) in [6.45, 7) is 8.47. The van der Waals surface area contributed by atoms with E-state index < -0.39 is 0 Å². The third-order valence-electron chi connectivity index (χ3n) is 2.33. The Hall–Kier alpha value is -0.560. The summed E-state index contributed by atoms with van der Waals surface area (Å²) in [6.07, 6.45) is 8.74. The first kappa shape index (κ1) is 9.53. The van der Waals surface area contributed by atoms with Gasteiger partial charge < -0.3 is 4.74 Å². The van der Waals surface area contributed by atoms with Gasteiger partial charge in [-0.15, -0.1) is 0 Å². The van der Waals surface area contributed by atoms with Crippen molar-refractivity contribution in [3.8, 4) is 0 Å². The van der Waals surface area contributed by atoms with Crippen LogP contribution in [-0.2, 0) is 4.74 Å². The Morgan fingerprint density at radius 3 is 2.50 bits per heavy atom. The smallest absolute Gasteiger partial charge is 0.0900 e. The summed E-state index contributed by atoms with van der Waals surface area (Å²) < 4.78 is 5.85. The zero-order valence-electron chi connectivity index (χ0n) is 8.37. The van der Waals surface area contributed by atoms with Gasteiger partial charge >= 0.3 is 0 Å². The lowest BCUT2D eigenvalue weighted by Crippen LogP contribution is -2.36. The summed E-state index contributed by atoms with van der Waals surface area (Å²) in [7, 11) is 0. The molecular formula is C11H18O. The molecule has 0 aromatic rings. The van der Waals surface area contributed by atoms with Crippen molar-refractivity contribution in [3.05, 3.63) is 24.3 Å². The number of hydrogen-bond donors (Lipinski definition) is 0. The van der Waals surface area contributed by atoms with Gasteiger partial charge in [0.15, 0.2) is 0 Å². The fourth-order valence-corrected chi connectivity index (χ4v) is 1.47. The van der Waals surface area contributed by atoms with E-state index in [1.807, 2.05) is 0 Å². The Morgan fingerprint density at radius 1 is 1.33 bits per heavy atom. The molecule has 0 aromatic carbocycles. The molecule has 0 N–H and O–H groups in total. The highest BCUT2D eigenvalue weighted by Gasteiger charge is 2.29. The Kier molecular flexibility index (Phi) is 2.73. The van der Waals surface area contributed by atoms with E-state index in [1.54, 1.807) is 0 Å². The molecule has 68 valence electrons. The summed E-state index contributed by atoms with van der Waals surface area (Å²) >= 11 is 0. The van der Waals surface area contributed by atoms with Gasteiger partial charge in [-0.1, -0.05) is 31.2 Å². The lowest BCUT2D eigenvalue weighted by molar-refractivity contribution is -0.0571.